The molecule has 1 aliphatic heterocycles. The van der Waals surface area contributed by atoms with Gasteiger partial charge >= 0.3 is 11.9 Å². The Morgan fingerprint density at radius 3 is 2.39 bits per heavy atom. The summed E-state index contributed by atoms with van der Waals surface area (Å²) >= 11 is 1.19. The highest BCUT2D eigenvalue weighted by molar-refractivity contribution is 7.07. The van der Waals surface area contributed by atoms with Crippen molar-refractivity contribution in [2.75, 3.05) is 6.61 Å². The van der Waals surface area contributed by atoms with Gasteiger partial charge in [0.2, 0.25) is 5.76 Å². The fourth-order valence-corrected chi connectivity index (χ4v) is 4.91. The quantitative estimate of drug-likeness (QED) is 0.198. The van der Waals surface area contributed by atoms with Crippen LogP contribution in [0.3, 0.4) is 0 Å². The standard InChI is InChI=1S/C27H20N2O7S.C2H4O2/c1-3-12-35-26(32)22-16(2)28-27-29(24(30)21(37-27)15-19-6-4-13-33-19)23(22)17-8-10-18(11-9-17)36-25(31)20-7-5-14-34-20;1-2(3)4/h3-11,13-15,23H,1,12H2,2H3;1H3,(H,3,4)/b21-15+;. The number of benzene rings is 1. The molecule has 4 heterocycles. The van der Waals surface area contributed by atoms with Crippen molar-refractivity contribution in [2.45, 2.75) is 19.9 Å². The highest BCUT2D eigenvalue weighted by Crippen LogP contribution is 2.31. The highest BCUT2D eigenvalue weighted by Gasteiger charge is 2.33. The maximum Gasteiger partial charge on any atom is 0.379 e. The van der Waals surface area contributed by atoms with Crippen LogP contribution in [0.2, 0.25) is 0 Å². The lowest BCUT2D eigenvalue weighted by atomic mass is 9.96. The van der Waals surface area contributed by atoms with E-state index in [1.165, 1.54) is 40.6 Å². The summed E-state index contributed by atoms with van der Waals surface area (Å²) in [6.45, 7) is 6.37. The van der Waals surface area contributed by atoms with Crippen molar-refractivity contribution >= 4 is 35.3 Å². The van der Waals surface area contributed by atoms with Crippen LogP contribution in [-0.2, 0) is 14.3 Å². The average Bonchev–Trinajstić information content (AvgIpc) is 3.70. The second-order valence-corrected chi connectivity index (χ2v) is 9.45. The number of carbonyl (C=O) groups excluding carboxylic acids is 2. The molecule has 11 nitrogen and oxygen atoms in total. The van der Waals surface area contributed by atoms with Gasteiger partial charge in [0.05, 0.1) is 34.4 Å². The van der Waals surface area contributed by atoms with E-state index >= 15 is 0 Å². The number of aromatic nitrogens is 1. The summed E-state index contributed by atoms with van der Waals surface area (Å²) in [6.07, 6.45) is 5.99. The van der Waals surface area contributed by atoms with Crippen LogP contribution in [0.25, 0.3) is 6.08 Å². The number of furan rings is 2. The van der Waals surface area contributed by atoms with Gasteiger partial charge in [-0.05, 0) is 48.9 Å². The SMILES string of the molecule is C=CCOC(=O)C1=C(C)N=c2s/c(=C/c3ccco3)c(=O)n2C1c1ccc(OC(=O)c2ccco2)cc1.CC(=O)O. The van der Waals surface area contributed by atoms with Crippen molar-refractivity contribution < 1.29 is 37.8 Å². The molecule has 4 aromatic rings. The lowest BCUT2D eigenvalue weighted by Gasteiger charge is -2.24. The molecule has 1 aromatic carbocycles. The normalized spacial score (nSPS) is 14.3. The van der Waals surface area contributed by atoms with E-state index in [4.69, 9.17) is 28.2 Å². The number of hydrogen-bond acceptors (Lipinski definition) is 10. The van der Waals surface area contributed by atoms with Gasteiger partial charge in [0.1, 0.15) is 18.1 Å². The van der Waals surface area contributed by atoms with Crippen LogP contribution < -0.4 is 19.6 Å². The van der Waals surface area contributed by atoms with E-state index in [-0.39, 0.29) is 29.2 Å². The van der Waals surface area contributed by atoms with Crippen LogP contribution in [0, 0.1) is 0 Å². The van der Waals surface area contributed by atoms with Gasteiger partial charge in [-0.15, -0.1) is 0 Å². The van der Waals surface area contributed by atoms with Crippen LogP contribution in [0.5, 0.6) is 5.75 Å². The number of nitrogens with zero attached hydrogens (tertiary/aromatic N) is 2. The lowest BCUT2D eigenvalue weighted by molar-refractivity contribution is -0.138. The van der Waals surface area contributed by atoms with Gasteiger partial charge < -0.3 is 23.4 Å². The van der Waals surface area contributed by atoms with Crippen molar-refractivity contribution in [1.29, 1.82) is 0 Å². The molecule has 0 fully saturated rings. The third-order valence-corrected chi connectivity index (χ3v) is 6.50. The Kier molecular flexibility index (Phi) is 8.95. The fourth-order valence-electron chi connectivity index (χ4n) is 3.88. The smallest absolute Gasteiger partial charge is 0.379 e. The summed E-state index contributed by atoms with van der Waals surface area (Å²) < 4.78 is 23.0. The second kappa shape index (κ2) is 12.7. The van der Waals surface area contributed by atoms with E-state index in [9.17, 15) is 14.4 Å². The Bertz CT molecular complexity index is 1770. The summed E-state index contributed by atoms with van der Waals surface area (Å²) in [5.74, 6) is -1.23. The predicted octanol–water partition coefficient (Wildman–Crippen LogP) is 3.46. The van der Waals surface area contributed by atoms with Crippen molar-refractivity contribution in [2.24, 2.45) is 4.99 Å². The number of esters is 2. The number of ether oxygens (including phenoxy) is 2. The van der Waals surface area contributed by atoms with E-state index in [1.54, 1.807) is 55.5 Å². The fraction of sp³-hybridized carbons (Fsp3) is 0.138. The van der Waals surface area contributed by atoms with Gasteiger partial charge in [0.15, 0.2) is 4.80 Å². The molecule has 0 aliphatic carbocycles. The Labute approximate surface area is 236 Å². The van der Waals surface area contributed by atoms with Crippen molar-refractivity contribution in [3.63, 3.8) is 0 Å². The number of allylic oxidation sites excluding steroid dienone is 1. The molecule has 5 rings (SSSR count). The van der Waals surface area contributed by atoms with Gasteiger partial charge in [-0.1, -0.05) is 36.1 Å². The van der Waals surface area contributed by atoms with Crippen LogP contribution in [-0.4, -0.2) is 34.2 Å². The van der Waals surface area contributed by atoms with Crippen LogP contribution in [0.4, 0.5) is 0 Å². The van der Waals surface area contributed by atoms with Crippen molar-refractivity contribution in [3.05, 3.63) is 122 Å². The Morgan fingerprint density at radius 1 is 1.10 bits per heavy atom. The van der Waals surface area contributed by atoms with Crippen molar-refractivity contribution in [3.8, 4) is 5.75 Å². The number of rotatable bonds is 7. The lowest BCUT2D eigenvalue weighted by Crippen LogP contribution is -2.39. The first-order valence-electron chi connectivity index (χ1n) is 12.1. The number of fused-ring (bicyclic) bond motifs is 1. The first-order chi connectivity index (χ1) is 19.7. The Hall–Kier alpha value is -5.23. The zero-order valence-electron chi connectivity index (χ0n) is 21.9. The third-order valence-electron chi connectivity index (χ3n) is 5.52. The molecule has 1 unspecified atom stereocenters. The first-order valence-corrected chi connectivity index (χ1v) is 12.9. The molecule has 0 radical (unpaired) electrons. The maximum absolute atomic E-state index is 13.5. The predicted molar refractivity (Wildman–Crippen MR) is 147 cm³/mol. The van der Waals surface area contributed by atoms with Gasteiger partial charge in [0, 0.05) is 13.0 Å². The number of carboxylic acid groups (broad SMARTS) is 1. The molecular formula is C29H24N2O9S. The molecule has 0 saturated carbocycles. The molecule has 0 amide bonds. The molecule has 0 saturated heterocycles. The van der Waals surface area contributed by atoms with Gasteiger partial charge in [-0.2, -0.15) is 0 Å². The van der Waals surface area contributed by atoms with Gasteiger partial charge in [-0.3, -0.25) is 14.2 Å². The Morgan fingerprint density at radius 2 is 1.78 bits per heavy atom. The molecule has 41 heavy (non-hydrogen) atoms. The molecule has 3 aromatic heterocycles. The topological polar surface area (TPSA) is 151 Å². The van der Waals surface area contributed by atoms with E-state index in [1.807, 2.05) is 0 Å². The van der Waals surface area contributed by atoms with Crippen LogP contribution in [0.1, 0.15) is 41.8 Å². The van der Waals surface area contributed by atoms with E-state index in [0.717, 1.165) is 6.92 Å². The van der Waals surface area contributed by atoms with Crippen molar-refractivity contribution in [1.82, 2.24) is 4.57 Å². The monoisotopic (exact) mass is 576 g/mol. The minimum atomic E-state index is -0.833. The number of hydrogen-bond donors (Lipinski definition) is 1. The Balaban J connectivity index is 0.000000909. The minimum absolute atomic E-state index is 0.00686. The van der Waals surface area contributed by atoms with E-state index in [0.29, 0.717) is 26.4 Å². The van der Waals surface area contributed by atoms with E-state index in [2.05, 4.69) is 11.6 Å². The molecular weight excluding hydrogens is 552 g/mol. The molecule has 1 N–H and O–H groups in total. The summed E-state index contributed by atoms with van der Waals surface area (Å²) in [5.41, 5.74) is 0.917. The largest absolute Gasteiger partial charge is 0.481 e. The third kappa shape index (κ3) is 6.68. The number of aliphatic carboxylic acids is 1. The molecule has 0 bridgehead atoms. The summed E-state index contributed by atoms with van der Waals surface area (Å²) in [4.78, 5) is 52.8. The van der Waals surface area contributed by atoms with Crippen LogP contribution in [0.15, 0.2) is 104 Å². The summed E-state index contributed by atoms with van der Waals surface area (Å²) in [5, 5.41) is 7.42. The number of carbonyl (C=O) groups is 3. The molecule has 1 aliphatic rings. The minimum Gasteiger partial charge on any atom is -0.481 e. The highest BCUT2D eigenvalue weighted by atomic mass is 32.1. The van der Waals surface area contributed by atoms with E-state index < -0.39 is 23.9 Å². The number of thiazole rings is 1. The number of carboxylic acids is 1. The maximum atomic E-state index is 13.5. The molecule has 12 heteroatoms. The van der Waals surface area contributed by atoms with Gasteiger partial charge in [0.25, 0.3) is 11.5 Å². The zero-order chi connectivity index (χ0) is 29.5. The summed E-state index contributed by atoms with van der Waals surface area (Å²) in [6, 6.07) is 12.3. The van der Waals surface area contributed by atoms with Crippen LogP contribution >= 0.6 is 11.3 Å². The molecule has 210 valence electrons. The molecule has 0 spiro atoms. The first kappa shape index (κ1) is 28.8. The second-order valence-electron chi connectivity index (χ2n) is 8.44. The molecule has 1 atom stereocenters. The van der Waals surface area contributed by atoms with Gasteiger partial charge in [-0.25, -0.2) is 14.6 Å². The average molecular weight is 577 g/mol. The zero-order valence-corrected chi connectivity index (χ0v) is 22.8. The summed E-state index contributed by atoms with van der Waals surface area (Å²) in [7, 11) is 0.